The summed E-state index contributed by atoms with van der Waals surface area (Å²) in [5.41, 5.74) is 1.32. The number of aromatic nitrogens is 4. The molecule has 0 aliphatic carbocycles. The van der Waals surface area contributed by atoms with E-state index in [-0.39, 0.29) is 5.91 Å². The van der Waals surface area contributed by atoms with Crippen molar-refractivity contribution >= 4 is 23.5 Å². The Balaban J connectivity index is 2.37. The molecule has 2 aromatic rings. The fourth-order valence-electron chi connectivity index (χ4n) is 1.84. The molecular weight excluding hydrogens is 278 g/mol. The van der Waals surface area contributed by atoms with Crippen LogP contribution in [0.25, 0.3) is 0 Å². The van der Waals surface area contributed by atoms with Crippen LogP contribution >= 0.6 is 11.8 Å². The number of anilines is 1. The Bertz CT molecular complexity index is 691. The van der Waals surface area contributed by atoms with E-state index in [0.29, 0.717) is 22.1 Å². The number of hydrogen-bond donors (Lipinski definition) is 3. The van der Waals surface area contributed by atoms with E-state index in [1.54, 1.807) is 19.4 Å². The van der Waals surface area contributed by atoms with Gasteiger partial charge in [-0.1, -0.05) is 6.92 Å². The highest BCUT2D eigenvalue weighted by atomic mass is 32.2. The van der Waals surface area contributed by atoms with Crippen molar-refractivity contribution in [2.24, 2.45) is 0 Å². The normalized spacial score (nSPS) is 10.6. The molecule has 20 heavy (non-hydrogen) atoms. The first-order valence-corrected chi connectivity index (χ1v) is 7.27. The highest BCUT2D eigenvalue weighted by molar-refractivity contribution is 7.98. The van der Waals surface area contributed by atoms with Gasteiger partial charge in [0, 0.05) is 11.3 Å². The van der Waals surface area contributed by atoms with Gasteiger partial charge < -0.3 is 10.3 Å². The molecule has 0 saturated carbocycles. The minimum absolute atomic E-state index is 0.324. The monoisotopic (exact) mass is 293 g/mol. The average molecular weight is 293 g/mol. The van der Waals surface area contributed by atoms with E-state index >= 15 is 0 Å². The van der Waals surface area contributed by atoms with E-state index in [1.165, 1.54) is 11.8 Å². The Morgan fingerprint density at radius 1 is 1.50 bits per heavy atom. The van der Waals surface area contributed by atoms with Crippen molar-refractivity contribution in [2.75, 3.05) is 11.6 Å². The van der Waals surface area contributed by atoms with Crippen LogP contribution < -0.4 is 11.0 Å². The molecule has 0 saturated heterocycles. The zero-order valence-electron chi connectivity index (χ0n) is 11.4. The molecule has 0 bridgehead atoms. The summed E-state index contributed by atoms with van der Waals surface area (Å²) in [4.78, 5) is 30.0. The predicted molar refractivity (Wildman–Crippen MR) is 77.3 cm³/mol. The SMILES string of the molecule is CCc1cn[nH]c1NC(=O)c1c(SC)nc(=O)[nH]c1C. The lowest BCUT2D eigenvalue weighted by Crippen LogP contribution is -2.22. The molecule has 0 radical (unpaired) electrons. The zero-order chi connectivity index (χ0) is 14.7. The van der Waals surface area contributed by atoms with Gasteiger partial charge in [-0.2, -0.15) is 10.1 Å². The second-order valence-corrected chi connectivity index (χ2v) is 4.92. The lowest BCUT2D eigenvalue weighted by atomic mass is 10.2. The number of amides is 1. The minimum atomic E-state index is -0.459. The number of aromatic amines is 2. The number of carbonyl (C=O) groups excluding carboxylic acids is 1. The van der Waals surface area contributed by atoms with Gasteiger partial charge in [-0.3, -0.25) is 9.89 Å². The highest BCUT2D eigenvalue weighted by Gasteiger charge is 2.18. The first-order chi connectivity index (χ1) is 9.56. The van der Waals surface area contributed by atoms with Crippen LogP contribution in [-0.2, 0) is 6.42 Å². The maximum absolute atomic E-state index is 12.4. The van der Waals surface area contributed by atoms with Crippen LogP contribution in [0.4, 0.5) is 5.82 Å². The summed E-state index contributed by atoms with van der Waals surface area (Å²) >= 11 is 1.26. The van der Waals surface area contributed by atoms with Crippen molar-refractivity contribution in [3.8, 4) is 0 Å². The Morgan fingerprint density at radius 3 is 2.90 bits per heavy atom. The number of nitrogens with one attached hydrogen (secondary N) is 3. The van der Waals surface area contributed by atoms with E-state index in [4.69, 9.17) is 0 Å². The third-order valence-electron chi connectivity index (χ3n) is 2.84. The van der Waals surface area contributed by atoms with Gasteiger partial charge in [0.1, 0.15) is 10.8 Å². The van der Waals surface area contributed by atoms with E-state index in [0.717, 1.165) is 12.0 Å². The summed E-state index contributed by atoms with van der Waals surface area (Å²) in [5.74, 6) is 0.240. The third kappa shape index (κ3) is 2.74. The van der Waals surface area contributed by atoms with Gasteiger partial charge in [0.25, 0.3) is 5.91 Å². The molecule has 0 aliphatic heterocycles. The van der Waals surface area contributed by atoms with Crippen molar-refractivity contribution in [3.05, 3.63) is 33.5 Å². The van der Waals surface area contributed by atoms with Crippen LogP contribution in [0.3, 0.4) is 0 Å². The van der Waals surface area contributed by atoms with Gasteiger partial charge in [-0.05, 0) is 19.6 Å². The molecule has 2 heterocycles. The van der Waals surface area contributed by atoms with E-state index < -0.39 is 5.69 Å². The standard InChI is InChI=1S/C12H15N5O2S/c1-4-7-5-13-17-9(7)15-10(18)8-6(2)14-12(19)16-11(8)20-3/h5H,4H2,1-3H3,(H,14,16,19)(H2,13,15,17,18). The Kier molecular flexibility index (Phi) is 4.23. The van der Waals surface area contributed by atoms with Crippen LogP contribution in [0.15, 0.2) is 16.0 Å². The number of hydrogen-bond acceptors (Lipinski definition) is 5. The average Bonchev–Trinajstić information content (AvgIpc) is 2.84. The molecule has 1 amide bonds. The molecule has 2 rings (SSSR count). The second-order valence-electron chi connectivity index (χ2n) is 4.13. The van der Waals surface area contributed by atoms with Crippen molar-refractivity contribution < 1.29 is 4.79 Å². The van der Waals surface area contributed by atoms with Crippen molar-refractivity contribution in [1.82, 2.24) is 20.2 Å². The fraction of sp³-hybridized carbons (Fsp3) is 0.333. The lowest BCUT2D eigenvalue weighted by molar-refractivity contribution is 0.102. The van der Waals surface area contributed by atoms with Gasteiger partial charge in [-0.25, -0.2) is 4.79 Å². The summed E-state index contributed by atoms with van der Waals surface area (Å²) in [6, 6.07) is 0. The Labute approximate surface area is 119 Å². The highest BCUT2D eigenvalue weighted by Crippen LogP contribution is 2.20. The molecule has 7 nitrogen and oxygen atoms in total. The number of thioether (sulfide) groups is 1. The Morgan fingerprint density at radius 2 is 2.25 bits per heavy atom. The van der Waals surface area contributed by atoms with Crippen LogP contribution in [0.5, 0.6) is 0 Å². The molecule has 106 valence electrons. The molecule has 2 aromatic heterocycles. The molecule has 0 aromatic carbocycles. The number of aryl methyl sites for hydroxylation is 2. The van der Waals surface area contributed by atoms with Crippen LogP contribution in [0, 0.1) is 6.92 Å². The van der Waals surface area contributed by atoms with Crippen LogP contribution in [-0.4, -0.2) is 32.3 Å². The van der Waals surface area contributed by atoms with Crippen LogP contribution in [0.2, 0.25) is 0 Å². The molecule has 0 aliphatic rings. The quantitative estimate of drug-likeness (QED) is 0.583. The van der Waals surface area contributed by atoms with E-state index in [9.17, 15) is 9.59 Å². The first-order valence-electron chi connectivity index (χ1n) is 6.05. The molecule has 0 unspecified atom stereocenters. The van der Waals surface area contributed by atoms with Crippen molar-refractivity contribution in [1.29, 1.82) is 0 Å². The van der Waals surface area contributed by atoms with Gasteiger partial charge >= 0.3 is 5.69 Å². The molecule has 3 N–H and O–H groups in total. The fourth-order valence-corrected chi connectivity index (χ4v) is 2.46. The predicted octanol–water partition coefficient (Wildman–Crippen LogP) is 1.34. The molecular formula is C12H15N5O2S. The number of rotatable bonds is 4. The van der Waals surface area contributed by atoms with E-state index in [1.807, 2.05) is 6.92 Å². The molecule has 0 spiro atoms. The van der Waals surface area contributed by atoms with Gasteiger partial charge in [0.2, 0.25) is 0 Å². The minimum Gasteiger partial charge on any atom is -0.309 e. The maximum atomic E-state index is 12.4. The topological polar surface area (TPSA) is 104 Å². The van der Waals surface area contributed by atoms with Gasteiger partial charge in [0.05, 0.1) is 11.8 Å². The summed E-state index contributed by atoms with van der Waals surface area (Å²) < 4.78 is 0. The summed E-state index contributed by atoms with van der Waals surface area (Å²) in [5, 5.41) is 9.81. The zero-order valence-corrected chi connectivity index (χ0v) is 12.2. The largest absolute Gasteiger partial charge is 0.346 e. The van der Waals surface area contributed by atoms with Crippen molar-refractivity contribution in [2.45, 2.75) is 25.3 Å². The van der Waals surface area contributed by atoms with Crippen molar-refractivity contribution in [3.63, 3.8) is 0 Å². The smallest absolute Gasteiger partial charge is 0.309 e. The third-order valence-corrected chi connectivity index (χ3v) is 3.53. The molecule has 0 fully saturated rings. The van der Waals surface area contributed by atoms with Crippen LogP contribution in [0.1, 0.15) is 28.5 Å². The number of H-pyrrole nitrogens is 2. The number of nitrogens with zero attached hydrogens (tertiary/aromatic N) is 2. The Hall–Kier alpha value is -2.09. The molecule has 8 heteroatoms. The summed E-state index contributed by atoms with van der Waals surface area (Å²) in [7, 11) is 0. The first kappa shape index (κ1) is 14.3. The van der Waals surface area contributed by atoms with Gasteiger partial charge in [-0.15, -0.1) is 11.8 Å². The second kappa shape index (κ2) is 5.91. The number of carbonyl (C=O) groups is 1. The summed E-state index contributed by atoms with van der Waals surface area (Å²) in [6.45, 7) is 3.64. The summed E-state index contributed by atoms with van der Waals surface area (Å²) in [6.07, 6.45) is 4.19. The maximum Gasteiger partial charge on any atom is 0.346 e. The van der Waals surface area contributed by atoms with E-state index in [2.05, 4.69) is 25.5 Å². The molecule has 0 atom stereocenters. The lowest BCUT2D eigenvalue weighted by Gasteiger charge is -2.09. The van der Waals surface area contributed by atoms with Gasteiger partial charge in [0.15, 0.2) is 0 Å².